The van der Waals surface area contributed by atoms with E-state index in [0.717, 1.165) is 16.8 Å². The molecule has 0 fully saturated rings. The maximum atomic E-state index is 13.4. The Bertz CT molecular complexity index is 1540. The first-order valence-corrected chi connectivity index (χ1v) is 11.1. The third-order valence-corrected chi connectivity index (χ3v) is 5.79. The lowest BCUT2D eigenvalue weighted by Crippen LogP contribution is -2.42. The number of aromatic nitrogens is 2. The smallest absolute Gasteiger partial charge is 0.416 e. The summed E-state index contributed by atoms with van der Waals surface area (Å²) in [5.74, 6) is -1.49. The Morgan fingerprint density at radius 3 is 2.41 bits per heavy atom. The number of benzene rings is 2. The van der Waals surface area contributed by atoms with Gasteiger partial charge in [-0.3, -0.25) is 13.9 Å². The molecule has 0 amide bonds. The highest BCUT2D eigenvalue weighted by Gasteiger charge is 2.33. The molecule has 1 aromatic heterocycles. The number of hydrogen-bond donors (Lipinski definition) is 0. The standard InChI is InChI=1S/C25H20F3N3O6/c1-3-36-23(34)18-13-30(17-9-7-15(8-10-17)20-11-21(32)37-29-20)24(35)31(22(18)33)12-16-5-4-6-19(14(16)2)25(26,27)28/h4-10,13H,3,11-12H2,1-2H3. The van der Waals surface area contributed by atoms with Crippen LogP contribution >= 0.6 is 0 Å². The highest BCUT2D eigenvalue weighted by Crippen LogP contribution is 2.33. The molecule has 12 heteroatoms. The molecule has 2 aromatic carbocycles. The molecule has 3 aromatic rings. The molecule has 0 saturated carbocycles. The van der Waals surface area contributed by atoms with E-state index in [0.29, 0.717) is 15.8 Å². The quantitative estimate of drug-likeness (QED) is 0.369. The summed E-state index contributed by atoms with van der Waals surface area (Å²) in [6, 6.07) is 9.60. The first-order valence-electron chi connectivity index (χ1n) is 11.1. The second-order valence-electron chi connectivity index (χ2n) is 8.12. The van der Waals surface area contributed by atoms with Gasteiger partial charge >= 0.3 is 23.8 Å². The molecule has 0 aliphatic carbocycles. The third kappa shape index (κ3) is 5.08. The largest absolute Gasteiger partial charge is 0.462 e. The molecule has 1 aliphatic heterocycles. The molecule has 0 bridgehead atoms. The fourth-order valence-electron chi connectivity index (χ4n) is 3.88. The maximum absolute atomic E-state index is 13.4. The number of rotatable bonds is 6. The van der Waals surface area contributed by atoms with Crippen LogP contribution in [0, 0.1) is 6.92 Å². The zero-order valence-electron chi connectivity index (χ0n) is 19.7. The lowest BCUT2D eigenvalue weighted by Gasteiger charge is -2.16. The molecular formula is C25H20F3N3O6. The van der Waals surface area contributed by atoms with E-state index in [-0.39, 0.29) is 29.8 Å². The van der Waals surface area contributed by atoms with Gasteiger partial charge in [-0.15, -0.1) is 0 Å². The summed E-state index contributed by atoms with van der Waals surface area (Å²) >= 11 is 0. The molecule has 0 spiro atoms. The molecule has 2 heterocycles. The molecule has 4 rings (SSSR count). The van der Waals surface area contributed by atoms with E-state index in [9.17, 15) is 32.3 Å². The van der Waals surface area contributed by atoms with E-state index in [1.54, 1.807) is 12.1 Å². The average Bonchev–Trinajstić information content (AvgIpc) is 3.28. The highest BCUT2D eigenvalue weighted by atomic mass is 19.4. The molecule has 0 radical (unpaired) electrons. The van der Waals surface area contributed by atoms with E-state index in [1.165, 1.54) is 38.1 Å². The Morgan fingerprint density at radius 2 is 1.81 bits per heavy atom. The van der Waals surface area contributed by atoms with Crippen molar-refractivity contribution in [2.24, 2.45) is 5.16 Å². The first kappa shape index (κ1) is 25.6. The molecule has 37 heavy (non-hydrogen) atoms. The molecule has 1 aliphatic rings. The van der Waals surface area contributed by atoms with Crippen molar-refractivity contribution in [1.29, 1.82) is 0 Å². The van der Waals surface area contributed by atoms with Gasteiger partial charge in [-0.2, -0.15) is 13.2 Å². The van der Waals surface area contributed by atoms with E-state index in [2.05, 4.69) is 9.99 Å². The topological polar surface area (TPSA) is 109 Å². The number of ether oxygens (including phenoxy) is 1. The van der Waals surface area contributed by atoms with Crippen LogP contribution in [0.2, 0.25) is 0 Å². The van der Waals surface area contributed by atoms with Gasteiger partial charge in [0.2, 0.25) is 0 Å². The van der Waals surface area contributed by atoms with E-state index in [4.69, 9.17) is 4.74 Å². The van der Waals surface area contributed by atoms with Crippen LogP contribution in [-0.4, -0.2) is 33.4 Å². The minimum absolute atomic E-state index is 0.0203. The highest BCUT2D eigenvalue weighted by molar-refractivity contribution is 6.11. The normalized spacial score (nSPS) is 13.3. The van der Waals surface area contributed by atoms with E-state index >= 15 is 0 Å². The minimum atomic E-state index is -4.63. The Labute approximate surface area is 207 Å². The fourth-order valence-corrected chi connectivity index (χ4v) is 3.88. The summed E-state index contributed by atoms with van der Waals surface area (Å²) in [4.78, 5) is 54.9. The van der Waals surface area contributed by atoms with Crippen LogP contribution in [0.1, 0.15) is 46.0 Å². The van der Waals surface area contributed by atoms with Crippen molar-refractivity contribution in [3.63, 3.8) is 0 Å². The molecule has 0 unspecified atom stereocenters. The Balaban J connectivity index is 1.84. The van der Waals surface area contributed by atoms with Crippen LogP contribution in [0.3, 0.4) is 0 Å². The fraction of sp³-hybridized carbons (Fsp3) is 0.240. The summed E-state index contributed by atoms with van der Waals surface area (Å²) in [7, 11) is 0. The number of halogens is 3. The summed E-state index contributed by atoms with van der Waals surface area (Å²) in [5.41, 5.74) is -2.10. The molecule has 9 nitrogen and oxygen atoms in total. The third-order valence-electron chi connectivity index (χ3n) is 5.79. The number of alkyl halides is 3. The van der Waals surface area contributed by atoms with Gasteiger partial charge in [-0.25, -0.2) is 14.4 Å². The summed E-state index contributed by atoms with van der Waals surface area (Å²) in [5, 5.41) is 3.68. The number of esters is 1. The lowest BCUT2D eigenvalue weighted by molar-refractivity contribution is -0.140. The van der Waals surface area contributed by atoms with Crippen molar-refractivity contribution in [2.75, 3.05) is 6.61 Å². The second-order valence-corrected chi connectivity index (χ2v) is 8.12. The number of carbonyl (C=O) groups excluding carboxylic acids is 2. The summed E-state index contributed by atoms with van der Waals surface area (Å²) in [6.07, 6.45) is -3.61. The summed E-state index contributed by atoms with van der Waals surface area (Å²) in [6.45, 7) is 2.24. The van der Waals surface area contributed by atoms with Crippen LogP contribution < -0.4 is 11.2 Å². The van der Waals surface area contributed by atoms with Gasteiger partial charge in [0.1, 0.15) is 5.56 Å². The predicted molar refractivity (Wildman–Crippen MR) is 125 cm³/mol. The van der Waals surface area contributed by atoms with Crippen LogP contribution in [0.5, 0.6) is 0 Å². The van der Waals surface area contributed by atoms with Gasteiger partial charge < -0.3 is 9.57 Å². The van der Waals surface area contributed by atoms with E-state index in [1.807, 2.05) is 0 Å². The Kier molecular flexibility index (Phi) is 6.84. The van der Waals surface area contributed by atoms with Gasteiger partial charge in [-0.05, 0) is 43.2 Å². The monoisotopic (exact) mass is 515 g/mol. The minimum Gasteiger partial charge on any atom is -0.462 e. The molecular weight excluding hydrogens is 495 g/mol. The van der Waals surface area contributed by atoms with Gasteiger partial charge in [0.15, 0.2) is 0 Å². The zero-order chi connectivity index (χ0) is 26.9. The number of hydrogen-bond acceptors (Lipinski definition) is 7. The number of oxime groups is 1. The van der Waals surface area contributed by atoms with Crippen molar-refractivity contribution in [3.8, 4) is 5.69 Å². The first-order chi connectivity index (χ1) is 17.5. The van der Waals surface area contributed by atoms with Crippen molar-refractivity contribution < 1.29 is 32.3 Å². The maximum Gasteiger partial charge on any atom is 0.416 e. The summed E-state index contributed by atoms with van der Waals surface area (Å²) < 4.78 is 46.9. The average molecular weight is 515 g/mol. The molecule has 0 N–H and O–H groups in total. The van der Waals surface area contributed by atoms with Crippen LogP contribution in [0.25, 0.3) is 5.69 Å². The SMILES string of the molecule is CCOC(=O)c1cn(-c2ccc(C3=NOC(=O)C3)cc2)c(=O)n(Cc2cccc(C(F)(F)F)c2C)c1=O. The number of nitrogens with zero attached hydrogens (tertiary/aromatic N) is 3. The Hall–Kier alpha value is -4.48. The van der Waals surface area contributed by atoms with Crippen molar-refractivity contribution in [3.05, 3.63) is 97.3 Å². The van der Waals surface area contributed by atoms with Crippen LogP contribution in [0.4, 0.5) is 13.2 Å². The van der Waals surface area contributed by atoms with Crippen molar-refractivity contribution in [1.82, 2.24) is 9.13 Å². The Morgan fingerprint density at radius 1 is 1.11 bits per heavy atom. The van der Waals surface area contributed by atoms with E-state index < -0.39 is 47.0 Å². The zero-order valence-corrected chi connectivity index (χ0v) is 19.7. The van der Waals surface area contributed by atoms with Crippen molar-refractivity contribution >= 4 is 17.7 Å². The number of carbonyl (C=O) groups is 2. The van der Waals surface area contributed by atoms with Gasteiger partial charge in [-0.1, -0.05) is 29.4 Å². The van der Waals surface area contributed by atoms with Gasteiger partial charge in [0.05, 0.1) is 36.5 Å². The van der Waals surface area contributed by atoms with Gasteiger partial charge in [0.25, 0.3) is 5.56 Å². The van der Waals surface area contributed by atoms with Gasteiger partial charge in [0, 0.05) is 11.8 Å². The molecule has 192 valence electrons. The van der Waals surface area contributed by atoms with Crippen LogP contribution in [0.15, 0.2) is 63.4 Å². The predicted octanol–water partition coefficient (Wildman–Crippen LogP) is 3.20. The lowest BCUT2D eigenvalue weighted by atomic mass is 10.0. The molecule has 0 atom stereocenters. The van der Waals surface area contributed by atoms with Crippen LogP contribution in [-0.2, 0) is 27.1 Å². The van der Waals surface area contributed by atoms with Crippen molar-refractivity contribution in [2.45, 2.75) is 33.0 Å². The molecule has 0 saturated heterocycles. The second kappa shape index (κ2) is 9.88.